The van der Waals surface area contributed by atoms with Crippen molar-refractivity contribution in [1.82, 2.24) is 0 Å². The topological polar surface area (TPSA) is 61.3 Å². The first-order valence-corrected chi connectivity index (χ1v) is 3.76. The summed E-state index contributed by atoms with van der Waals surface area (Å²) in [4.78, 5) is 0. The fraction of sp³-hybridized carbons (Fsp3) is 1.00. The maximum absolute atomic E-state index is 5.73. The first-order valence-electron chi connectivity index (χ1n) is 3.76. The average Bonchev–Trinajstić information content (AvgIpc) is 1.85. The lowest BCUT2D eigenvalue weighted by Gasteiger charge is -2.29. The summed E-state index contributed by atoms with van der Waals surface area (Å²) < 4.78 is 5.17. The molecule has 1 unspecified atom stereocenters. The van der Waals surface area contributed by atoms with Gasteiger partial charge < -0.3 is 16.2 Å². The minimum absolute atomic E-state index is 0.244. The fourth-order valence-electron chi connectivity index (χ4n) is 1.55. The van der Waals surface area contributed by atoms with E-state index >= 15 is 0 Å². The van der Waals surface area contributed by atoms with Gasteiger partial charge in [-0.05, 0) is 19.3 Å². The number of rotatable bonds is 1. The van der Waals surface area contributed by atoms with Crippen LogP contribution in [-0.2, 0) is 4.74 Å². The van der Waals surface area contributed by atoms with E-state index in [1.54, 1.807) is 7.11 Å². The molecule has 0 aromatic rings. The minimum Gasteiger partial charge on any atom is -0.381 e. The summed E-state index contributed by atoms with van der Waals surface area (Å²) in [7, 11) is 1.72. The van der Waals surface area contributed by atoms with Gasteiger partial charge in [-0.2, -0.15) is 0 Å². The van der Waals surface area contributed by atoms with Crippen molar-refractivity contribution < 1.29 is 4.74 Å². The summed E-state index contributed by atoms with van der Waals surface area (Å²) >= 11 is 0. The van der Waals surface area contributed by atoms with Gasteiger partial charge in [0.25, 0.3) is 0 Å². The maximum Gasteiger partial charge on any atom is 0.0600 e. The molecule has 1 saturated carbocycles. The second-order valence-electron chi connectivity index (χ2n) is 3.08. The summed E-state index contributed by atoms with van der Waals surface area (Å²) in [6, 6.07) is 0.488. The molecule has 0 saturated heterocycles. The monoisotopic (exact) mass is 144 g/mol. The molecule has 0 radical (unpaired) electrons. The molecule has 60 valence electrons. The molecule has 0 spiro atoms. The van der Waals surface area contributed by atoms with Crippen LogP contribution >= 0.6 is 0 Å². The first kappa shape index (κ1) is 7.98. The average molecular weight is 144 g/mol. The van der Waals surface area contributed by atoms with Gasteiger partial charge in [-0.25, -0.2) is 0 Å². The normalized spacial score (nSPS) is 41.7. The van der Waals surface area contributed by atoms with E-state index in [0.29, 0.717) is 6.10 Å². The summed E-state index contributed by atoms with van der Waals surface area (Å²) in [5.41, 5.74) is 11.5. The lowest BCUT2D eigenvalue weighted by molar-refractivity contribution is 0.0577. The highest BCUT2D eigenvalue weighted by Gasteiger charge is 2.23. The van der Waals surface area contributed by atoms with Gasteiger partial charge in [0.2, 0.25) is 0 Å². The molecule has 0 aliphatic heterocycles. The van der Waals surface area contributed by atoms with E-state index in [1.165, 1.54) is 0 Å². The van der Waals surface area contributed by atoms with E-state index < -0.39 is 0 Å². The van der Waals surface area contributed by atoms with Crippen molar-refractivity contribution in [2.24, 2.45) is 11.5 Å². The molecule has 3 nitrogen and oxygen atoms in total. The standard InChI is InChI=1S/C7H16N2O/c1-10-7-3-5(8)2-6(9)4-7/h5-7H,2-4,8-9H2,1H3/t5-,6+,7?. The van der Waals surface area contributed by atoms with E-state index in [0.717, 1.165) is 19.3 Å². The third-order valence-electron chi connectivity index (χ3n) is 2.07. The van der Waals surface area contributed by atoms with Gasteiger partial charge in [0.1, 0.15) is 0 Å². The molecule has 3 atom stereocenters. The Bertz CT molecular complexity index is 97.8. The zero-order chi connectivity index (χ0) is 7.56. The van der Waals surface area contributed by atoms with E-state index in [4.69, 9.17) is 16.2 Å². The van der Waals surface area contributed by atoms with Gasteiger partial charge in [-0.15, -0.1) is 0 Å². The van der Waals surface area contributed by atoms with Crippen molar-refractivity contribution in [2.45, 2.75) is 37.5 Å². The number of ether oxygens (including phenoxy) is 1. The van der Waals surface area contributed by atoms with Crippen LogP contribution in [0.4, 0.5) is 0 Å². The Balaban J connectivity index is 2.35. The Hall–Kier alpha value is -0.120. The van der Waals surface area contributed by atoms with Crippen molar-refractivity contribution in [2.75, 3.05) is 7.11 Å². The highest BCUT2D eigenvalue weighted by molar-refractivity contribution is 4.83. The van der Waals surface area contributed by atoms with Crippen LogP contribution < -0.4 is 11.5 Å². The van der Waals surface area contributed by atoms with Crippen LogP contribution in [0.2, 0.25) is 0 Å². The van der Waals surface area contributed by atoms with Crippen LogP contribution in [0.25, 0.3) is 0 Å². The van der Waals surface area contributed by atoms with Gasteiger partial charge in [-0.1, -0.05) is 0 Å². The SMILES string of the molecule is COC1C[C@@H](N)C[C@@H](N)C1. The molecule has 0 amide bonds. The van der Waals surface area contributed by atoms with Crippen LogP contribution in [-0.4, -0.2) is 25.3 Å². The first-order chi connectivity index (χ1) is 4.72. The predicted octanol–water partition coefficient (Wildman–Crippen LogP) is -0.160. The molecule has 3 heteroatoms. The summed E-state index contributed by atoms with van der Waals surface area (Å²) in [5, 5.41) is 0. The molecule has 0 aromatic carbocycles. The largest absolute Gasteiger partial charge is 0.381 e. The Morgan fingerprint density at radius 1 is 1.10 bits per heavy atom. The molecule has 4 N–H and O–H groups in total. The Labute approximate surface area is 61.7 Å². The van der Waals surface area contributed by atoms with Crippen molar-refractivity contribution in [1.29, 1.82) is 0 Å². The van der Waals surface area contributed by atoms with Gasteiger partial charge in [0.05, 0.1) is 6.10 Å². The van der Waals surface area contributed by atoms with E-state index in [9.17, 15) is 0 Å². The van der Waals surface area contributed by atoms with Gasteiger partial charge in [0, 0.05) is 19.2 Å². The highest BCUT2D eigenvalue weighted by Crippen LogP contribution is 2.18. The molecule has 1 aliphatic carbocycles. The van der Waals surface area contributed by atoms with E-state index in [2.05, 4.69) is 0 Å². The summed E-state index contributed by atoms with van der Waals surface area (Å²) in [6.07, 6.45) is 3.16. The second kappa shape index (κ2) is 3.32. The minimum atomic E-state index is 0.244. The molecular formula is C7H16N2O. The quantitative estimate of drug-likeness (QED) is 0.537. The number of methoxy groups -OCH3 is 1. The molecular weight excluding hydrogens is 128 g/mol. The van der Waals surface area contributed by atoms with Crippen molar-refractivity contribution >= 4 is 0 Å². The van der Waals surface area contributed by atoms with Crippen LogP contribution in [0.1, 0.15) is 19.3 Å². The lowest BCUT2D eigenvalue weighted by atomic mass is 9.90. The third kappa shape index (κ3) is 1.94. The summed E-state index contributed by atoms with van der Waals surface area (Å²) in [6.45, 7) is 0. The Kier molecular flexibility index (Phi) is 2.65. The maximum atomic E-state index is 5.73. The van der Waals surface area contributed by atoms with Gasteiger partial charge in [-0.3, -0.25) is 0 Å². The predicted molar refractivity (Wildman–Crippen MR) is 40.6 cm³/mol. The number of hydrogen-bond acceptors (Lipinski definition) is 3. The third-order valence-corrected chi connectivity index (χ3v) is 2.07. The number of nitrogens with two attached hydrogens (primary N) is 2. The Morgan fingerprint density at radius 3 is 2.00 bits per heavy atom. The number of hydrogen-bond donors (Lipinski definition) is 2. The van der Waals surface area contributed by atoms with Crippen LogP contribution in [0.15, 0.2) is 0 Å². The molecule has 1 aliphatic rings. The molecule has 1 fully saturated rings. The molecule has 0 bridgehead atoms. The zero-order valence-corrected chi connectivity index (χ0v) is 6.42. The molecule has 1 rings (SSSR count). The molecule has 10 heavy (non-hydrogen) atoms. The smallest absolute Gasteiger partial charge is 0.0600 e. The zero-order valence-electron chi connectivity index (χ0n) is 6.42. The summed E-state index contributed by atoms with van der Waals surface area (Å²) in [5.74, 6) is 0. The fourth-order valence-corrected chi connectivity index (χ4v) is 1.55. The molecule has 0 heterocycles. The Morgan fingerprint density at radius 2 is 1.60 bits per heavy atom. The van der Waals surface area contributed by atoms with Crippen LogP contribution in [0.3, 0.4) is 0 Å². The van der Waals surface area contributed by atoms with Crippen LogP contribution in [0.5, 0.6) is 0 Å². The second-order valence-corrected chi connectivity index (χ2v) is 3.08. The van der Waals surface area contributed by atoms with Gasteiger partial charge in [0.15, 0.2) is 0 Å². The molecule has 0 aromatic heterocycles. The van der Waals surface area contributed by atoms with Crippen molar-refractivity contribution in [3.8, 4) is 0 Å². The van der Waals surface area contributed by atoms with E-state index in [1.807, 2.05) is 0 Å². The highest BCUT2D eigenvalue weighted by atomic mass is 16.5. The van der Waals surface area contributed by atoms with Gasteiger partial charge >= 0.3 is 0 Å². The van der Waals surface area contributed by atoms with Crippen molar-refractivity contribution in [3.05, 3.63) is 0 Å². The van der Waals surface area contributed by atoms with E-state index in [-0.39, 0.29) is 12.1 Å². The lowest BCUT2D eigenvalue weighted by Crippen LogP contribution is -2.42. The van der Waals surface area contributed by atoms with Crippen LogP contribution in [0, 0.1) is 0 Å². The van der Waals surface area contributed by atoms with Crippen molar-refractivity contribution in [3.63, 3.8) is 0 Å².